The summed E-state index contributed by atoms with van der Waals surface area (Å²) in [6.45, 7) is 1.69. The van der Waals surface area contributed by atoms with Gasteiger partial charge < -0.3 is 15.2 Å². The van der Waals surface area contributed by atoms with Gasteiger partial charge in [-0.25, -0.2) is 13.1 Å². The highest BCUT2D eigenvalue weighted by molar-refractivity contribution is 7.89. The molecule has 0 heterocycles. The van der Waals surface area contributed by atoms with Crippen LogP contribution in [0.2, 0.25) is 0 Å². The molecule has 0 aliphatic carbocycles. The normalized spacial score (nSPS) is 11.5. The zero-order chi connectivity index (χ0) is 14.1. The third kappa shape index (κ3) is 5.56. The van der Waals surface area contributed by atoms with E-state index in [9.17, 15) is 8.42 Å². The van der Waals surface area contributed by atoms with Crippen LogP contribution in [0.1, 0.15) is 6.42 Å². The third-order valence-electron chi connectivity index (χ3n) is 2.34. The van der Waals surface area contributed by atoms with Crippen LogP contribution in [0, 0.1) is 0 Å². The maximum absolute atomic E-state index is 11.9. The van der Waals surface area contributed by atoms with Gasteiger partial charge in [0, 0.05) is 26.8 Å². The van der Waals surface area contributed by atoms with E-state index >= 15 is 0 Å². The molecule has 0 saturated carbocycles. The van der Waals surface area contributed by atoms with E-state index in [1.54, 1.807) is 19.2 Å². The Morgan fingerprint density at radius 3 is 2.47 bits per heavy atom. The molecule has 19 heavy (non-hydrogen) atoms. The Hall–Kier alpha value is -1.15. The number of hydrogen-bond donors (Lipinski definition) is 2. The molecule has 1 rings (SSSR count). The van der Waals surface area contributed by atoms with Crippen molar-refractivity contribution in [2.24, 2.45) is 5.73 Å². The minimum absolute atomic E-state index is 0.213. The van der Waals surface area contributed by atoms with E-state index in [4.69, 9.17) is 15.2 Å². The first-order valence-corrected chi connectivity index (χ1v) is 7.50. The van der Waals surface area contributed by atoms with Crippen LogP contribution < -0.4 is 15.2 Å². The fourth-order valence-corrected chi connectivity index (χ4v) is 2.47. The van der Waals surface area contributed by atoms with E-state index in [-0.39, 0.29) is 4.90 Å². The highest BCUT2D eigenvalue weighted by Crippen LogP contribution is 2.15. The van der Waals surface area contributed by atoms with Crippen LogP contribution in [0.5, 0.6) is 5.75 Å². The molecule has 0 aromatic heterocycles. The van der Waals surface area contributed by atoms with Gasteiger partial charge in [0.1, 0.15) is 12.4 Å². The van der Waals surface area contributed by atoms with Crippen molar-refractivity contribution in [3.05, 3.63) is 24.3 Å². The lowest BCUT2D eigenvalue weighted by atomic mass is 10.3. The summed E-state index contributed by atoms with van der Waals surface area (Å²) < 4.78 is 36.5. The molecule has 0 amide bonds. The monoisotopic (exact) mass is 288 g/mol. The van der Waals surface area contributed by atoms with E-state index in [1.807, 2.05) is 0 Å². The predicted molar refractivity (Wildman–Crippen MR) is 72.7 cm³/mol. The molecule has 0 fully saturated rings. The molecule has 0 radical (unpaired) electrons. The number of sulfonamides is 1. The molecule has 0 saturated heterocycles. The predicted octanol–water partition coefficient (Wildman–Crippen LogP) is 0.339. The molecule has 0 spiro atoms. The Balaban J connectivity index is 2.58. The zero-order valence-electron chi connectivity index (χ0n) is 11.0. The summed E-state index contributed by atoms with van der Waals surface area (Å²) in [7, 11) is -1.89. The van der Waals surface area contributed by atoms with Gasteiger partial charge in [0.15, 0.2) is 0 Å². The summed E-state index contributed by atoms with van der Waals surface area (Å²) in [5.41, 5.74) is 5.31. The summed E-state index contributed by atoms with van der Waals surface area (Å²) in [6, 6.07) is 6.23. The zero-order valence-corrected chi connectivity index (χ0v) is 11.8. The Kier molecular flexibility index (Phi) is 6.79. The Morgan fingerprint density at radius 2 is 1.89 bits per heavy atom. The van der Waals surface area contributed by atoms with Crippen LogP contribution in [-0.2, 0) is 14.8 Å². The van der Waals surface area contributed by atoms with Gasteiger partial charge in [0.05, 0.1) is 4.90 Å². The van der Waals surface area contributed by atoms with Crippen molar-refractivity contribution in [3.8, 4) is 5.75 Å². The van der Waals surface area contributed by atoms with E-state index < -0.39 is 10.0 Å². The first kappa shape index (κ1) is 15.9. The van der Waals surface area contributed by atoms with E-state index in [0.717, 1.165) is 0 Å². The van der Waals surface area contributed by atoms with Crippen molar-refractivity contribution in [2.45, 2.75) is 11.3 Å². The number of methoxy groups -OCH3 is 1. The first-order chi connectivity index (χ1) is 9.10. The molecule has 6 nitrogen and oxygen atoms in total. The standard InChI is InChI=1S/C12H20N2O4S/c1-17-9-2-8-14-19(15,16)12-5-3-11(4-6-12)18-10-7-13/h3-6,14H,2,7-10,13H2,1H3. The fourth-order valence-electron chi connectivity index (χ4n) is 1.40. The number of nitrogens with two attached hydrogens (primary N) is 1. The summed E-state index contributed by atoms with van der Waals surface area (Å²) in [4.78, 5) is 0.213. The number of rotatable bonds is 9. The van der Waals surface area contributed by atoms with Crippen LogP contribution in [0.25, 0.3) is 0 Å². The number of ether oxygens (including phenoxy) is 2. The van der Waals surface area contributed by atoms with Crippen LogP contribution in [0.4, 0.5) is 0 Å². The SMILES string of the molecule is COCCCNS(=O)(=O)c1ccc(OCCN)cc1. The maximum Gasteiger partial charge on any atom is 0.240 e. The first-order valence-electron chi connectivity index (χ1n) is 6.01. The molecule has 1 aromatic rings. The molecule has 3 N–H and O–H groups in total. The van der Waals surface area contributed by atoms with Gasteiger partial charge >= 0.3 is 0 Å². The van der Waals surface area contributed by atoms with Crippen LogP contribution >= 0.6 is 0 Å². The van der Waals surface area contributed by atoms with E-state index in [2.05, 4.69) is 4.72 Å². The minimum atomic E-state index is -3.46. The number of hydrogen-bond acceptors (Lipinski definition) is 5. The van der Waals surface area contributed by atoms with Crippen LogP contribution in [0.3, 0.4) is 0 Å². The molecular formula is C12H20N2O4S. The van der Waals surface area contributed by atoms with Crippen molar-refractivity contribution in [1.82, 2.24) is 4.72 Å². The van der Waals surface area contributed by atoms with Gasteiger partial charge in [-0.3, -0.25) is 0 Å². The lowest BCUT2D eigenvalue weighted by Crippen LogP contribution is -2.25. The van der Waals surface area contributed by atoms with Crippen molar-refractivity contribution in [3.63, 3.8) is 0 Å². The molecule has 0 aliphatic heterocycles. The van der Waals surface area contributed by atoms with Crippen LogP contribution in [-0.4, -0.2) is 41.8 Å². The Morgan fingerprint density at radius 1 is 1.21 bits per heavy atom. The highest BCUT2D eigenvalue weighted by Gasteiger charge is 2.12. The van der Waals surface area contributed by atoms with Crippen molar-refractivity contribution in [1.29, 1.82) is 0 Å². The molecule has 0 atom stereocenters. The molecule has 0 unspecified atom stereocenters. The fraction of sp³-hybridized carbons (Fsp3) is 0.500. The number of nitrogens with one attached hydrogen (secondary N) is 1. The summed E-state index contributed by atoms with van der Waals surface area (Å²) in [5, 5.41) is 0. The molecule has 1 aromatic carbocycles. The maximum atomic E-state index is 11.9. The quantitative estimate of drug-likeness (QED) is 0.639. The van der Waals surface area contributed by atoms with Gasteiger partial charge in [-0.1, -0.05) is 0 Å². The smallest absolute Gasteiger partial charge is 0.240 e. The summed E-state index contributed by atoms with van der Waals surface area (Å²) in [6.07, 6.45) is 0.632. The minimum Gasteiger partial charge on any atom is -0.492 e. The van der Waals surface area contributed by atoms with Crippen molar-refractivity contribution in [2.75, 3.05) is 33.4 Å². The van der Waals surface area contributed by atoms with E-state index in [1.165, 1.54) is 12.1 Å². The highest BCUT2D eigenvalue weighted by atomic mass is 32.2. The second-order valence-electron chi connectivity index (χ2n) is 3.85. The summed E-state index contributed by atoms with van der Waals surface area (Å²) in [5.74, 6) is 0.601. The molecule has 0 aliphatic rings. The lowest BCUT2D eigenvalue weighted by Gasteiger charge is -2.08. The molecule has 0 bridgehead atoms. The lowest BCUT2D eigenvalue weighted by molar-refractivity contribution is 0.196. The average molecular weight is 288 g/mol. The van der Waals surface area contributed by atoms with Crippen LogP contribution in [0.15, 0.2) is 29.2 Å². The van der Waals surface area contributed by atoms with Gasteiger partial charge in [0.25, 0.3) is 0 Å². The third-order valence-corrected chi connectivity index (χ3v) is 3.81. The second kappa shape index (κ2) is 8.11. The van der Waals surface area contributed by atoms with Gasteiger partial charge in [-0.2, -0.15) is 0 Å². The van der Waals surface area contributed by atoms with Crippen molar-refractivity contribution >= 4 is 10.0 Å². The number of benzene rings is 1. The summed E-state index contributed by atoms with van der Waals surface area (Å²) >= 11 is 0. The second-order valence-corrected chi connectivity index (χ2v) is 5.62. The largest absolute Gasteiger partial charge is 0.492 e. The molecule has 7 heteroatoms. The Bertz CT molecular complexity index is 459. The topological polar surface area (TPSA) is 90.6 Å². The van der Waals surface area contributed by atoms with Gasteiger partial charge in [-0.05, 0) is 30.7 Å². The average Bonchev–Trinajstić information content (AvgIpc) is 2.42. The Labute approximate surface area is 113 Å². The molecular weight excluding hydrogens is 268 g/mol. The van der Waals surface area contributed by atoms with Gasteiger partial charge in [-0.15, -0.1) is 0 Å². The molecule has 108 valence electrons. The van der Waals surface area contributed by atoms with Crippen molar-refractivity contribution < 1.29 is 17.9 Å². The van der Waals surface area contributed by atoms with Gasteiger partial charge in [0.2, 0.25) is 10.0 Å². The van der Waals surface area contributed by atoms with E-state index in [0.29, 0.717) is 38.5 Å².